The molecule has 0 rings (SSSR count). The second kappa shape index (κ2) is 8.05. The van der Waals surface area contributed by atoms with Crippen LogP contribution in [-0.2, 0) is 4.74 Å². The maximum atomic E-state index is 9.56. The molecular weight excluding hydrogens is 194 g/mol. The first-order valence-electron chi connectivity index (χ1n) is 5.61. The van der Waals surface area contributed by atoms with Crippen molar-refractivity contribution >= 4 is 0 Å². The molecule has 4 nitrogen and oxygen atoms in total. The zero-order valence-corrected chi connectivity index (χ0v) is 10.2. The fourth-order valence-corrected chi connectivity index (χ4v) is 1.16. The fourth-order valence-electron chi connectivity index (χ4n) is 1.16. The van der Waals surface area contributed by atoms with Gasteiger partial charge in [0.15, 0.2) is 0 Å². The lowest BCUT2D eigenvalue weighted by atomic mass is 10.1. The van der Waals surface area contributed by atoms with Crippen LogP contribution in [0.15, 0.2) is 0 Å². The lowest BCUT2D eigenvalue weighted by Crippen LogP contribution is -2.42. The molecule has 0 aliphatic rings. The van der Waals surface area contributed by atoms with E-state index in [0.717, 1.165) is 0 Å². The third-order valence-electron chi connectivity index (χ3n) is 2.24. The maximum absolute atomic E-state index is 9.56. The predicted octanol–water partition coefficient (Wildman–Crippen LogP) is 0.379. The molecule has 0 aromatic heterocycles. The Balaban J connectivity index is 3.63. The average Bonchev–Trinajstić information content (AvgIpc) is 2.15. The molecule has 0 saturated carbocycles. The molecule has 0 radical (unpaired) electrons. The van der Waals surface area contributed by atoms with Crippen LogP contribution in [0.1, 0.15) is 27.7 Å². The van der Waals surface area contributed by atoms with Gasteiger partial charge < -0.3 is 20.3 Å². The predicted molar refractivity (Wildman–Crippen MR) is 60.8 cm³/mol. The number of ether oxygens (including phenoxy) is 1. The molecule has 92 valence electrons. The van der Waals surface area contributed by atoms with Crippen molar-refractivity contribution in [1.82, 2.24) is 5.32 Å². The molecule has 0 aromatic carbocycles. The summed E-state index contributed by atoms with van der Waals surface area (Å²) in [7, 11) is 0. The summed E-state index contributed by atoms with van der Waals surface area (Å²) in [5, 5.41) is 21.7. The second-order valence-electron chi connectivity index (χ2n) is 4.48. The highest BCUT2D eigenvalue weighted by Gasteiger charge is 2.13. The van der Waals surface area contributed by atoms with Crippen molar-refractivity contribution in [1.29, 1.82) is 0 Å². The number of aliphatic hydroxyl groups is 2. The summed E-state index contributed by atoms with van der Waals surface area (Å²) in [5.74, 6) is 0.355. The van der Waals surface area contributed by atoms with Crippen LogP contribution in [0.25, 0.3) is 0 Å². The third kappa shape index (κ3) is 7.73. The molecule has 0 saturated heterocycles. The average molecular weight is 219 g/mol. The normalized spacial score (nSPS) is 16.0. The largest absolute Gasteiger partial charge is 0.395 e. The Kier molecular flexibility index (Phi) is 7.96. The van der Waals surface area contributed by atoms with Gasteiger partial charge in [-0.05, 0) is 19.8 Å². The van der Waals surface area contributed by atoms with Crippen molar-refractivity contribution in [3.63, 3.8) is 0 Å². The molecule has 0 fully saturated rings. The minimum Gasteiger partial charge on any atom is -0.395 e. The molecule has 3 N–H and O–H groups in total. The lowest BCUT2D eigenvalue weighted by Gasteiger charge is -2.22. The van der Waals surface area contributed by atoms with Gasteiger partial charge in [-0.1, -0.05) is 13.8 Å². The highest BCUT2D eigenvalue weighted by Crippen LogP contribution is 2.00. The van der Waals surface area contributed by atoms with Crippen LogP contribution in [-0.4, -0.2) is 48.2 Å². The quantitative estimate of drug-likeness (QED) is 0.552. The van der Waals surface area contributed by atoms with Gasteiger partial charge in [-0.2, -0.15) is 0 Å². The summed E-state index contributed by atoms with van der Waals surface area (Å²) in [5.41, 5.74) is 0. The van der Waals surface area contributed by atoms with Crippen molar-refractivity contribution in [2.24, 2.45) is 5.92 Å². The van der Waals surface area contributed by atoms with E-state index in [1.54, 1.807) is 0 Å². The Hall–Kier alpha value is -0.160. The van der Waals surface area contributed by atoms with E-state index in [2.05, 4.69) is 5.32 Å². The van der Waals surface area contributed by atoms with Gasteiger partial charge >= 0.3 is 0 Å². The van der Waals surface area contributed by atoms with E-state index in [9.17, 15) is 5.11 Å². The zero-order valence-electron chi connectivity index (χ0n) is 10.2. The summed E-state index contributed by atoms with van der Waals surface area (Å²) in [6, 6.07) is 0.0405. The van der Waals surface area contributed by atoms with Gasteiger partial charge in [0.2, 0.25) is 0 Å². The van der Waals surface area contributed by atoms with Crippen molar-refractivity contribution in [2.45, 2.75) is 45.9 Å². The smallest absolute Gasteiger partial charge is 0.0897 e. The molecule has 4 heteroatoms. The first kappa shape index (κ1) is 14.8. The number of nitrogens with one attached hydrogen (secondary N) is 1. The van der Waals surface area contributed by atoms with E-state index in [1.807, 2.05) is 27.7 Å². The summed E-state index contributed by atoms with van der Waals surface area (Å²) in [4.78, 5) is 0. The van der Waals surface area contributed by atoms with Gasteiger partial charge in [0.25, 0.3) is 0 Å². The molecule has 0 spiro atoms. The van der Waals surface area contributed by atoms with Crippen molar-refractivity contribution in [2.75, 3.05) is 19.8 Å². The Morgan fingerprint density at radius 3 is 2.20 bits per heavy atom. The number of aliphatic hydroxyl groups excluding tert-OH is 2. The summed E-state index contributed by atoms with van der Waals surface area (Å²) in [6.07, 6.45) is -0.376. The highest BCUT2D eigenvalue weighted by molar-refractivity contribution is 4.71. The monoisotopic (exact) mass is 219 g/mol. The van der Waals surface area contributed by atoms with E-state index in [0.29, 0.717) is 19.1 Å². The van der Waals surface area contributed by atoms with Crippen molar-refractivity contribution < 1.29 is 14.9 Å². The number of hydrogen-bond donors (Lipinski definition) is 3. The number of rotatable bonds is 8. The van der Waals surface area contributed by atoms with E-state index in [4.69, 9.17) is 9.84 Å². The van der Waals surface area contributed by atoms with Crippen LogP contribution < -0.4 is 5.32 Å². The topological polar surface area (TPSA) is 61.7 Å². The Morgan fingerprint density at radius 2 is 1.80 bits per heavy atom. The third-order valence-corrected chi connectivity index (χ3v) is 2.24. The first-order chi connectivity index (χ1) is 6.97. The van der Waals surface area contributed by atoms with Gasteiger partial charge in [0, 0.05) is 12.6 Å². The van der Waals surface area contributed by atoms with Crippen LogP contribution in [0.3, 0.4) is 0 Å². The van der Waals surface area contributed by atoms with Gasteiger partial charge in [-0.3, -0.25) is 0 Å². The summed E-state index contributed by atoms with van der Waals surface area (Å²) >= 11 is 0. The minimum absolute atomic E-state index is 0.0405. The van der Waals surface area contributed by atoms with Crippen LogP contribution in [0.5, 0.6) is 0 Å². The SMILES string of the molecule is CC(C)OCC(O)CNC(CO)C(C)C. The Labute approximate surface area is 92.6 Å². The maximum Gasteiger partial charge on any atom is 0.0897 e. The van der Waals surface area contributed by atoms with E-state index >= 15 is 0 Å². The molecule has 15 heavy (non-hydrogen) atoms. The van der Waals surface area contributed by atoms with Crippen LogP contribution in [0.4, 0.5) is 0 Å². The fraction of sp³-hybridized carbons (Fsp3) is 1.00. The standard InChI is InChI=1S/C11H25NO3/c1-8(2)11(6-13)12-5-10(14)7-15-9(3)4/h8-14H,5-7H2,1-4H3. The summed E-state index contributed by atoms with van der Waals surface area (Å²) < 4.78 is 5.28. The molecule has 0 aliphatic heterocycles. The molecule has 0 aromatic rings. The van der Waals surface area contributed by atoms with E-state index in [1.165, 1.54) is 0 Å². The molecule has 0 amide bonds. The van der Waals surface area contributed by atoms with E-state index < -0.39 is 6.10 Å². The van der Waals surface area contributed by atoms with Gasteiger partial charge in [-0.15, -0.1) is 0 Å². The molecule has 0 bridgehead atoms. The molecule has 2 atom stereocenters. The molecule has 0 heterocycles. The minimum atomic E-state index is -0.514. The van der Waals surface area contributed by atoms with Crippen LogP contribution >= 0.6 is 0 Å². The lowest BCUT2D eigenvalue weighted by molar-refractivity contribution is 0.00401. The van der Waals surface area contributed by atoms with Gasteiger partial charge in [0.05, 0.1) is 25.4 Å². The zero-order chi connectivity index (χ0) is 11.8. The highest BCUT2D eigenvalue weighted by atomic mass is 16.5. The second-order valence-corrected chi connectivity index (χ2v) is 4.48. The molecule has 0 aliphatic carbocycles. The van der Waals surface area contributed by atoms with Crippen LogP contribution in [0.2, 0.25) is 0 Å². The molecule has 2 unspecified atom stereocenters. The number of hydrogen-bond acceptors (Lipinski definition) is 4. The molecular formula is C11H25NO3. The van der Waals surface area contributed by atoms with Crippen LogP contribution in [0, 0.1) is 5.92 Å². The first-order valence-corrected chi connectivity index (χ1v) is 5.61. The Morgan fingerprint density at radius 1 is 1.20 bits per heavy atom. The van der Waals surface area contributed by atoms with Crippen molar-refractivity contribution in [3.05, 3.63) is 0 Å². The van der Waals surface area contributed by atoms with Gasteiger partial charge in [-0.25, -0.2) is 0 Å². The van der Waals surface area contributed by atoms with Gasteiger partial charge in [0.1, 0.15) is 0 Å². The van der Waals surface area contributed by atoms with Crippen molar-refractivity contribution in [3.8, 4) is 0 Å². The van der Waals surface area contributed by atoms with E-state index in [-0.39, 0.29) is 18.8 Å². The summed E-state index contributed by atoms with van der Waals surface area (Å²) in [6.45, 7) is 8.82. The Bertz CT molecular complexity index is 151.